The van der Waals surface area contributed by atoms with E-state index in [-0.39, 0.29) is 6.04 Å². The molecule has 0 saturated carbocycles. The van der Waals surface area contributed by atoms with E-state index in [0.29, 0.717) is 12.2 Å². The molecule has 0 bridgehead atoms. The Balaban J connectivity index is 0.000000430. The molecule has 0 radical (unpaired) electrons. The number of hydrogen-bond acceptors (Lipinski definition) is 4. The minimum absolute atomic E-state index is 0.0677. The van der Waals surface area contributed by atoms with Crippen LogP contribution in [0.3, 0.4) is 0 Å². The minimum atomic E-state index is -1.18. The fourth-order valence-electron chi connectivity index (χ4n) is 2.14. The van der Waals surface area contributed by atoms with Crippen molar-refractivity contribution < 1.29 is 14.8 Å². The van der Waals surface area contributed by atoms with Crippen molar-refractivity contribution in [3.05, 3.63) is 95.6 Å². The number of aldehydes is 1. The minimum Gasteiger partial charge on any atom is -0.427 e. The van der Waals surface area contributed by atoms with Crippen LogP contribution < -0.4 is 5.73 Å². The zero-order valence-corrected chi connectivity index (χ0v) is 18.0. The molecule has 2 atom stereocenters. The average molecular weight is 395 g/mol. The van der Waals surface area contributed by atoms with E-state index in [4.69, 9.17) is 15.8 Å². The Morgan fingerprint density at radius 2 is 1.52 bits per heavy atom. The van der Waals surface area contributed by atoms with Crippen LogP contribution in [0.15, 0.2) is 73.3 Å². The maximum Gasteiger partial charge on any atom is 0.455 e. The molecule has 2 rings (SSSR count). The van der Waals surface area contributed by atoms with Gasteiger partial charge >= 0.3 is 7.12 Å². The zero-order chi connectivity index (χ0) is 22.2. The molecule has 4 nitrogen and oxygen atoms in total. The molecule has 2 aromatic carbocycles. The van der Waals surface area contributed by atoms with Crippen molar-refractivity contribution in [3.63, 3.8) is 0 Å². The molecule has 0 aliphatic heterocycles. The van der Waals surface area contributed by atoms with Gasteiger partial charge in [-0.1, -0.05) is 84.8 Å². The van der Waals surface area contributed by atoms with Gasteiger partial charge in [0.05, 0.1) is 0 Å². The van der Waals surface area contributed by atoms with Crippen LogP contribution in [-0.2, 0) is 0 Å². The summed E-state index contributed by atoms with van der Waals surface area (Å²) in [4.78, 5) is 10.1. The number of carbonyl (C=O) groups excluding carboxylic acids is 1. The molecule has 0 spiro atoms. The van der Waals surface area contributed by atoms with Crippen molar-refractivity contribution in [2.45, 2.75) is 40.1 Å². The Hall–Kier alpha value is -2.47. The van der Waals surface area contributed by atoms with E-state index in [1.54, 1.807) is 12.2 Å². The summed E-state index contributed by atoms with van der Waals surface area (Å²) in [5.74, 6) is 0.322. The fourth-order valence-corrected chi connectivity index (χ4v) is 2.14. The number of hydrogen-bond donors (Lipinski definition) is 3. The van der Waals surface area contributed by atoms with Crippen LogP contribution in [0, 0.1) is 19.8 Å². The fraction of sp³-hybridized carbons (Fsp3) is 0.292. The number of allylic oxidation sites excluding steroid dienone is 2. The molecule has 0 fully saturated rings. The lowest BCUT2D eigenvalue weighted by Crippen LogP contribution is -2.17. The summed E-state index contributed by atoms with van der Waals surface area (Å²) in [5, 5.41) is 16.4. The van der Waals surface area contributed by atoms with E-state index >= 15 is 0 Å². The van der Waals surface area contributed by atoms with Crippen molar-refractivity contribution in [1.29, 1.82) is 0 Å². The molecule has 2 aromatic rings. The van der Waals surface area contributed by atoms with E-state index in [1.165, 1.54) is 16.7 Å². The SMILES string of the molecule is C/C=C/CB(O)O.C=C[C@H](C)[C@H](N)c1ccc(C)cc1.Cc1ccc(C=O)cc1. The molecule has 0 aromatic heterocycles. The summed E-state index contributed by atoms with van der Waals surface area (Å²) in [7, 11) is -1.18. The molecule has 0 aliphatic rings. The molecular formula is C24H34BNO3. The van der Waals surface area contributed by atoms with E-state index in [1.807, 2.05) is 44.2 Å². The van der Waals surface area contributed by atoms with Gasteiger partial charge in [0.15, 0.2) is 0 Å². The van der Waals surface area contributed by atoms with Gasteiger partial charge in [0, 0.05) is 11.6 Å². The normalized spacial score (nSPS) is 12.0. The van der Waals surface area contributed by atoms with Crippen molar-refractivity contribution in [2.24, 2.45) is 11.7 Å². The number of aryl methyl sites for hydroxylation is 2. The van der Waals surface area contributed by atoms with Crippen LogP contribution in [0.25, 0.3) is 0 Å². The molecule has 0 amide bonds. The summed E-state index contributed by atoms with van der Waals surface area (Å²) in [6.45, 7) is 11.7. The number of rotatable bonds is 6. The van der Waals surface area contributed by atoms with Crippen molar-refractivity contribution in [3.8, 4) is 0 Å². The molecule has 156 valence electrons. The Labute approximate surface area is 175 Å². The van der Waals surface area contributed by atoms with Crippen LogP contribution >= 0.6 is 0 Å². The highest BCUT2D eigenvalue weighted by molar-refractivity contribution is 6.41. The molecular weight excluding hydrogens is 361 g/mol. The second-order valence-corrected chi connectivity index (χ2v) is 6.85. The van der Waals surface area contributed by atoms with Gasteiger partial charge in [-0.3, -0.25) is 4.79 Å². The van der Waals surface area contributed by atoms with Gasteiger partial charge < -0.3 is 15.8 Å². The van der Waals surface area contributed by atoms with Crippen LogP contribution in [0.2, 0.25) is 6.32 Å². The van der Waals surface area contributed by atoms with Gasteiger partial charge in [-0.15, -0.1) is 6.58 Å². The third kappa shape index (κ3) is 12.6. The Morgan fingerprint density at radius 3 is 1.86 bits per heavy atom. The maximum absolute atomic E-state index is 10.1. The Bertz CT molecular complexity index is 725. The summed E-state index contributed by atoms with van der Waals surface area (Å²) < 4.78 is 0. The van der Waals surface area contributed by atoms with Crippen molar-refractivity contribution in [1.82, 2.24) is 0 Å². The Morgan fingerprint density at radius 1 is 1.03 bits per heavy atom. The number of benzene rings is 2. The van der Waals surface area contributed by atoms with Crippen LogP contribution in [0.4, 0.5) is 0 Å². The first kappa shape index (κ1) is 26.5. The van der Waals surface area contributed by atoms with Crippen molar-refractivity contribution >= 4 is 13.4 Å². The third-order valence-corrected chi connectivity index (χ3v) is 4.20. The first-order valence-electron chi connectivity index (χ1n) is 9.68. The van der Waals surface area contributed by atoms with Gasteiger partial charge in [-0.2, -0.15) is 0 Å². The first-order valence-corrected chi connectivity index (χ1v) is 9.68. The van der Waals surface area contributed by atoms with Crippen LogP contribution in [0.5, 0.6) is 0 Å². The zero-order valence-electron chi connectivity index (χ0n) is 18.0. The lowest BCUT2D eigenvalue weighted by atomic mass is 9.86. The van der Waals surface area contributed by atoms with Crippen molar-refractivity contribution in [2.75, 3.05) is 0 Å². The topological polar surface area (TPSA) is 83.6 Å². The monoisotopic (exact) mass is 395 g/mol. The lowest BCUT2D eigenvalue weighted by Gasteiger charge is -2.16. The number of carbonyl (C=O) groups is 1. The third-order valence-electron chi connectivity index (χ3n) is 4.20. The van der Waals surface area contributed by atoms with E-state index in [0.717, 1.165) is 11.8 Å². The molecule has 29 heavy (non-hydrogen) atoms. The molecule has 0 heterocycles. The molecule has 4 N–H and O–H groups in total. The second-order valence-electron chi connectivity index (χ2n) is 6.85. The predicted molar refractivity (Wildman–Crippen MR) is 124 cm³/mol. The molecule has 0 saturated heterocycles. The quantitative estimate of drug-likeness (QED) is 0.377. The second kappa shape index (κ2) is 15.5. The summed E-state index contributed by atoms with van der Waals surface area (Å²) in [6, 6.07) is 15.9. The number of nitrogens with two attached hydrogens (primary N) is 1. The lowest BCUT2D eigenvalue weighted by molar-refractivity contribution is 0.112. The standard InChI is InChI=1S/C12H17N.C8H8O.C4H9BO2/c1-4-10(3)12(13)11-7-5-9(2)6-8-11;1-7-2-4-8(6-9)5-3-7;1-2-3-4-5(6)7/h4-8,10,12H,1,13H2,2-3H3;2-6H,1H3;2-3,6-7H,4H2,1H3/b;;3-2+/t10-,12-;;/m0../s1. The summed E-state index contributed by atoms with van der Waals surface area (Å²) in [6.07, 6.45) is 6.55. The predicted octanol–water partition coefficient (Wildman–Crippen LogP) is 4.66. The highest BCUT2D eigenvalue weighted by Crippen LogP contribution is 2.19. The molecule has 5 heteroatoms. The van der Waals surface area contributed by atoms with Gasteiger partial charge in [0.25, 0.3) is 0 Å². The largest absolute Gasteiger partial charge is 0.455 e. The van der Waals surface area contributed by atoms with E-state index in [9.17, 15) is 4.79 Å². The molecule has 0 aliphatic carbocycles. The average Bonchev–Trinajstić information content (AvgIpc) is 2.73. The van der Waals surface area contributed by atoms with Gasteiger partial charge in [0.2, 0.25) is 0 Å². The molecule has 0 unspecified atom stereocenters. The van der Waals surface area contributed by atoms with Crippen LogP contribution in [0.1, 0.15) is 46.9 Å². The van der Waals surface area contributed by atoms with Gasteiger partial charge in [-0.25, -0.2) is 0 Å². The smallest absolute Gasteiger partial charge is 0.427 e. The Kier molecular flexibility index (Phi) is 14.1. The summed E-state index contributed by atoms with van der Waals surface area (Å²) >= 11 is 0. The van der Waals surface area contributed by atoms with E-state index in [2.05, 4.69) is 44.7 Å². The summed E-state index contributed by atoms with van der Waals surface area (Å²) in [5.41, 5.74) is 10.4. The maximum atomic E-state index is 10.1. The highest BCUT2D eigenvalue weighted by Gasteiger charge is 2.10. The van der Waals surface area contributed by atoms with Crippen LogP contribution in [-0.4, -0.2) is 23.5 Å². The highest BCUT2D eigenvalue weighted by atomic mass is 16.4. The van der Waals surface area contributed by atoms with Gasteiger partial charge in [0.1, 0.15) is 6.29 Å². The van der Waals surface area contributed by atoms with E-state index < -0.39 is 7.12 Å². The van der Waals surface area contributed by atoms with Gasteiger partial charge in [-0.05, 0) is 38.6 Å². The first-order chi connectivity index (χ1) is 13.7.